The molecule has 0 unspecified atom stereocenters. The Balaban J connectivity index is 1.81. The highest BCUT2D eigenvalue weighted by Crippen LogP contribution is 2.39. The van der Waals surface area contributed by atoms with E-state index in [2.05, 4.69) is 0 Å². The molecule has 4 heteroatoms. The second-order valence-corrected chi connectivity index (χ2v) is 5.82. The van der Waals surface area contributed by atoms with E-state index in [1.54, 1.807) is 12.1 Å². The Hall–Kier alpha value is -1.55. The molecule has 0 aromatic heterocycles. The first kappa shape index (κ1) is 14.4. The van der Waals surface area contributed by atoms with Crippen LogP contribution in [0.1, 0.15) is 36.2 Å². The molecule has 3 nitrogen and oxygen atoms in total. The third kappa shape index (κ3) is 3.38. The molecule has 110 valence electrons. The summed E-state index contributed by atoms with van der Waals surface area (Å²) in [6, 6.07) is 14.5. The van der Waals surface area contributed by atoms with Gasteiger partial charge in [-0.3, -0.25) is 0 Å². The number of benzene rings is 2. The molecule has 0 aliphatic carbocycles. The molecule has 0 saturated carbocycles. The lowest BCUT2D eigenvalue weighted by molar-refractivity contribution is -0.0998. The van der Waals surface area contributed by atoms with Gasteiger partial charge in [-0.05, 0) is 35.4 Å². The zero-order chi connectivity index (χ0) is 14.8. The van der Waals surface area contributed by atoms with Crippen molar-refractivity contribution in [2.75, 3.05) is 0 Å². The van der Waals surface area contributed by atoms with Crippen molar-refractivity contribution in [1.29, 1.82) is 0 Å². The molecule has 1 aliphatic rings. The predicted molar refractivity (Wildman–Crippen MR) is 81.4 cm³/mol. The number of phenolic OH excluding ortho intramolecular Hbond substituents is 1. The van der Waals surface area contributed by atoms with Crippen LogP contribution in [-0.2, 0) is 4.74 Å². The summed E-state index contributed by atoms with van der Waals surface area (Å²) in [5.74, 6) is 0.226. The van der Waals surface area contributed by atoms with Crippen LogP contribution in [0.5, 0.6) is 5.75 Å². The number of hydrogen-bond donors (Lipinski definition) is 2. The fraction of sp³-hybridized carbons (Fsp3) is 0.294. The van der Waals surface area contributed by atoms with Gasteiger partial charge in [0, 0.05) is 17.9 Å². The molecule has 1 aliphatic heterocycles. The number of rotatable bonds is 2. The Labute approximate surface area is 128 Å². The maximum atomic E-state index is 10.1. The minimum absolute atomic E-state index is 0.148. The monoisotopic (exact) mass is 304 g/mol. The van der Waals surface area contributed by atoms with E-state index in [1.807, 2.05) is 36.4 Å². The Kier molecular flexibility index (Phi) is 4.15. The summed E-state index contributed by atoms with van der Waals surface area (Å²) in [7, 11) is 0. The van der Waals surface area contributed by atoms with E-state index in [9.17, 15) is 10.2 Å². The van der Waals surface area contributed by atoms with Crippen LogP contribution < -0.4 is 0 Å². The first-order valence-corrected chi connectivity index (χ1v) is 7.37. The number of aromatic hydroxyl groups is 1. The third-order valence-corrected chi connectivity index (χ3v) is 4.06. The van der Waals surface area contributed by atoms with Crippen LogP contribution in [0, 0.1) is 0 Å². The zero-order valence-electron chi connectivity index (χ0n) is 11.4. The van der Waals surface area contributed by atoms with E-state index >= 15 is 0 Å². The SMILES string of the molecule is Oc1ccc([C@H]2C[C@@H](O)C[C@@H](c3ccc(Cl)cc3)O2)cc1. The van der Waals surface area contributed by atoms with E-state index in [-0.39, 0.29) is 18.0 Å². The molecule has 1 heterocycles. The molecule has 0 spiro atoms. The Morgan fingerprint density at radius 3 is 1.86 bits per heavy atom. The van der Waals surface area contributed by atoms with E-state index in [0.717, 1.165) is 11.1 Å². The van der Waals surface area contributed by atoms with E-state index in [1.165, 1.54) is 0 Å². The highest BCUT2D eigenvalue weighted by molar-refractivity contribution is 6.30. The molecule has 2 aromatic carbocycles. The molecule has 21 heavy (non-hydrogen) atoms. The molecule has 0 bridgehead atoms. The molecule has 0 amide bonds. The number of phenols is 1. The Bertz CT molecular complexity index is 541. The number of ether oxygens (including phenoxy) is 1. The summed E-state index contributed by atoms with van der Waals surface area (Å²) in [6.45, 7) is 0. The largest absolute Gasteiger partial charge is 0.508 e. The van der Waals surface area contributed by atoms with Crippen molar-refractivity contribution in [3.05, 3.63) is 64.7 Å². The lowest BCUT2D eigenvalue weighted by atomic mass is 9.93. The number of aliphatic hydroxyl groups excluding tert-OH is 1. The van der Waals surface area contributed by atoms with Crippen molar-refractivity contribution < 1.29 is 14.9 Å². The minimum atomic E-state index is -0.404. The summed E-state index contributed by atoms with van der Waals surface area (Å²) < 4.78 is 6.12. The molecule has 1 fully saturated rings. The normalized spacial score (nSPS) is 25.7. The maximum absolute atomic E-state index is 10.1. The molecular weight excluding hydrogens is 288 g/mol. The topological polar surface area (TPSA) is 49.7 Å². The van der Waals surface area contributed by atoms with Crippen LogP contribution in [0.4, 0.5) is 0 Å². The molecule has 2 N–H and O–H groups in total. The lowest BCUT2D eigenvalue weighted by Gasteiger charge is -2.33. The van der Waals surface area contributed by atoms with Gasteiger partial charge >= 0.3 is 0 Å². The molecule has 1 saturated heterocycles. The fourth-order valence-corrected chi connectivity index (χ4v) is 2.82. The Morgan fingerprint density at radius 1 is 0.857 bits per heavy atom. The second kappa shape index (κ2) is 6.06. The van der Waals surface area contributed by atoms with Gasteiger partial charge in [-0.2, -0.15) is 0 Å². The highest BCUT2D eigenvalue weighted by atomic mass is 35.5. The van der Waals surface area contributed by atoms with Gasteiger partial charge in [0.1, 0.15) is 5.75 Å². The van der Waals surface area contributed by atoms with Gasteiger partial charge in [0.05, 0.1) is 18.3 Å². The van der Waals surface area contributed by atoms with E-state index < -0.39 is 6.10 Å². The first-order chi connectivity index (χ1) is 10.1. The summed E-state index contributed by atoms with van der Waals surface area (Å²) in [5, 5.41) is 20.2. The van der Waals surface area contributed by atoms with Gasteiger partial charge < -0.3 is 14.9 Å². The summed E-state index contributed by atoms with van der Waals surface area (Å²) >= 11 is 5.90. The molecular formula is C17H17ClO3. The standard InChI is InChI=1S/C17H17ClO3/c18-13-5-1-11(2-6-13)16-9-15(20)10-17(21-16)12-3-7-14(19)8-4-12/h1-8,15-17,19-20H,9-10H2/t15-,16-,17+/m0/s1. The average Bonchev–Trinajstić information content (AvgIpc) is 2.48. The molecule has 3 rings (SSSR count). The Morgan fingerprint density at radius 2 is 1.33 bits per heavy atom. The fourth-order valence-electron chi connectivity index (χ4n) is 2.70. The second-order valence-electron chi connectivity index (χ2n) is 5.38. The number of aliphatic hydroxyl groups is 1. The van der Waals surface area contributed by atoms with E-state index in [0.29, 0.717) is 17.9 Å². The number of halogens is 1. The average molecular weight is 305 g/mol. The van der Waals surface area contributed by atoms with Crippen LogP contribution in [0.25, 0.3) is 0 Å². The maximum Gasteiger partial charge on any atom is 0.115 e. The molecule has 3 atom stereocenters. The number of hydrogen-bond acceptors (Lipinski definition) is 3. The van der Waals surface area contributed by atoms with Gasteiger partial charge in [0.2, 0.25) is 0 Å². The van der Waals surface area contributed by atoms with Gasteiger partial charge in [-0.25, -0.2) is 0 Å². The summed E-state index contributed by atoms with van der Waals surface area (Å²) in [6.07, 6.45) is 0.420. The van der Waals surface area contributed by atoms with Crippen LogP contribution >= 0.6 is 11.6 Å². The van der Waals surface area contributed by atoms with Crippen molar-refractivity contribution in [1.82, 2.24) is 0 Å². The van der Waals surface area contributed by atoms with Crippen molar-refractivity contribution >= 4 is 11.6 Å². The van der Waals surface area contributed by atoms with E-state index in [4.69, 9.17) is 16.3 Å². The predicted octanol–water partition coefficient (Wildman–Crippen LogP) is 4.00. The highest BCUT2D eigenvalue weighted by Gasteiger charge is 2.30. The van der Waals surface area contributed by atoms with Crippen LogP contribution in [0.15, 0.2) is 48.5 Å². The first-order valence-electron chi connectivity index (χ1n) is 7.00. The van der Waals surface area contributed by atoms with Crippen molar-refractivity contribution in [2.45, 2.75) is 31.2 Å². The summed E-state index contributed by atoms with van der Waals surface area (Å²) in [5.41, 5.74) is 1.98. The van der Waals surface area contributed by atoms with Crippen LogP contribution in [-0.4, -0.2) is 16.3 Å². The van der Waals surface area contributed by atoms with Gasteiger partial charge in [0.25, 0.3) is 0 Å². The quantitative estimate of drug-likeness (QED) is 0.881. The van der Waals surface area contributed by atoms with Crippen molar-refractivity contribution in [3.63, 3.8) is 0 Å². The zero-order valence-corrected chi connectivity index (χ0v) is 12.2. The smallest absolute Gasteiger partial charge is 0.115 e. The van der Waals surface area contributed by atoms with Gasteiger partial charge in [-0.15, -0.1) is 0 Å². The van der Waals surface area contributed by atoms with Gasteiger partial charge in [0.15, 0.2) is 0 Å². The van der Waals surface area contributed by atoms with Crippen molar-refractivity contribution in [2.24, 2.45) is 0 Å². The van der Waals surface area contributed by atoms with Crippen LogP contribution in [0.2, 0.25) is 5.02 Å². The lowest BCUT2D eigenvalue weighted by Crippen LogP contribution is -2.26. The summed E-state index contributed by atoms with van der Waals surface area (Å²) in [4.78, 5) is 0. The molecule has 0 radical (unpaired) electrons. The minimum Gasteiger partial charge on any atom is -0.508 e. The third-order valence-electron chi connectivity index (χ3n) is 3.81. The van der Waals surface area contributed by atoms with Gasteiger partial charge in [-0.1, -0.05) is 35.9 Å². The molecule has 2 aromatic rings. The van der Waals surface area contributed by atoms with Crippen molar-refractivity contribution in [3.8, 4) is 5.75 Å². The van der Waals surface area contributed by atoms with Crippen LogP contribution in [0.3, 0.4) is 0 Å².